The second-order valence-electron chi connectivity index (χ2n) is 10.9. The van der Waals surface area contributed by atoms with E-state index in [9.17, 15) is 26.3 Å². The van der Waals surface area contributed by atoms with Crippen molar-refractivity contribution in [3.8, 4) is 11.5 Å². The Bertz CT molecular complexity index is 1030. The van der Waals surface area contributed by atoms with Gasteiger partial charge < -0.3 is 14.2 Å². The van der Waals surface area contributed by atoms with Crippen LogP contribution in [0, 0.1) is 0 Å². The maximum atomic E-state index is 14.1. The molecule has 2 heterocycles. The van der Waals surface area contributed by atoms with E-state index in [-0.39, 0.29) is 24.2 Å². The highest BCUT2D eigenvalue weighted by atomic mass is 35.5. The first-order chi connectivity index (χ1) is 19.5. The molecule has 0 N–H and O–H groups in total. The first-order valence-corrected chi connectivity index (χ1v) is 14.0. The Balaban J connectivity index is 0.00000484. The zero-order valence-electron chi connectivity index (χ0n) is 23.8. The predicted molar refractivity (Wildman–Crippen MR) is 151 cm³/mol. The van der Waals surface area contributed by atoms with Crippen molar-refractivity contribution in [2.24, 2.45) is 0 Å². The Morgan fingerprint density at radius 1 is 0.714 bits per heavy atom. The zero-order valence-corrected chi connectivity index (χ0v) is 24.6. The van der Waals surface area contributed by atoms with Crippen molar-refractivity contribution in [2.75, 3.05) is 53.5 Å². The number of hydrogen-bond acceptors (Lipinski definition) is 5. The molecule has 2 fully saturated rings. The normalized spacial score (nSPS) is 22.2. The van der Waals surface area contributed by atoms with Gasteiger partial charge in [0.25, 0.3) is 0 Å². The molecule has 2 aliphatic heterocycles. The fourth-order valence-corrected chi connectivity index (χ4v) is 5.89. The Morgan fingerprint density at radius 2 is 1.12 bits per heavy atom. The average molecular weight is 625 g/mol. The molecule has 4 rings (SSSR count). The van der Waals surface area contributed by atoms with Crippen molar-refractivity contribution in [1.82, 2.24) is 9.80 Å². The van der Waals surface area contributed by atoms with Gasteiger partial charge in [-0.3, -0.25) is 9.80 Å². The van der Waals surface area contributed by atoms with E-state index in [0.717, 1.165) is 24.0 Å². The van der Waals surface area contributed by atoms with Gasteiger partial charge in [-0.2, -0.15) is 26.3 Å². The van der Waals surface area contributed by atoms with Gasteiger partial charge in [0.1, 0.15) is 11.5 Å². The quantitative estimate of drug-likeness (QED) is 0.264. The van der Waals surface area contributed by atoms with Crippen LogP contribution in [0.25, 0.3) is 0 Å². The van der Waals surface area contributed by atoms with Crippen molar-refractivity contribution in [3.63, 3.8) is 0 Å². The molecule has 0 radical (unpaired) electrons. The third-order valence-corrected chi connectivity index (χ3v) is 8.05. The van der Waals surface area contributed by atoms with Gasteiger partial charge in [-0.15, -0.1) is 12.4 Å². The van der Waals surface area contributed by atoms with Gasteiger partial charge >= 0.3 is 12.4 Å². The molecule has 0 bridgehead atoms. The van der Waals surface area contributed by atoms with Crippen LogP contribution in [0.5, 0.6) is 11.5 Å². The Kier molecular flexibility index (Phi) is 12.2. The maximum absolute atomic E-state index is 14.1. The largest absolute Gasteiger partial charge is 0.497 e. The fraction of sp³-hybridized carbons (Fsp3) is 0.600. The number of likely N-dealkylation sites (tertiary alicyclic amines) is 2. The van der Waals surface area contributed by atoms with Gasteiger partial charge in [-0.25, -0.2) is 0 Å². The Morgan fingerprint density at radius 3 is 1.48 bits per heavy atom. The number of ether oxygens (including phenoxy) is 3. The van der Waals surface area contributed by atoms with E-state index >= 15 is 0 Å². The molecule has 5 nitrogen and oxygen atoms in total. The molecule has 4 atom stereocenters. The maximum Gasteiger partial charge on any atom is 0.415 e. The number of hydrogen-bond donors (Lipinski definition) is 0. The molecule has 42 heavy (non-hydrogen) atoms. The van der Waals surface area contributed by atoms with Gasteiger partial charge in [0.05, 0.1) is 14.2 Å². The molecular formula is C30H39ClF6N2O3. The predicted octanol–water partition coefficient (Wildman–Crippen LogP) is 7.06. The zero-order chi connectivity index (χ0) is 29.6. The summed E-state index contributed by atoms with van der Waals surface area (Å²) in [7, 11) is 3.08. The van der Waals surface area contributed by atoms with E-state index in [4.69, 9.17) is 14.2 Å². The molecule has 2 saturated heterocycles. The van der Waals surface area contributed by atoms with Gasteiger partial charge in [-0.05, 0) is 86.0 Å². The second kappa shape index (κ2) is 15.0. The molecule has 236 valence electrons. The van der Waals surface area contributed by atoms with Crippen molar-refractivity contribution < 1.29 is 40.6 Å². The van der Waals surface area contributed by atoms with Crippen LogP contribution in [0.2, 0.25) is 0 Å². The second-order valence-corrected chi connectivity index (χ2v) is 10.9. The summed E-state index contributed by atoms with van der Waals surface area (Å²) in [5.74, 6) is 1.20. The third-order valence-electron chi connectivity index (χ3n) is 8.05. The first kappa shape index (κ1) is 34.3. The van der Waals surface area contributed by atoms with Crippen LogP contribution in [0.15, 0.2) is 48.5 Å². The van der Waals surface area contributed by atoms with Gasteiger partial charge in [-0.1, -0.05) is 24.3 Å². The van der Waals surface area contributed by atoms with E-state index in [1.165, 1.54) is 14.2 Å². The van der Waals surface area contributed by atoms with Crippen LogP contribution < -0.4 is 9.47 Å². The van der Waals surface area contributed by atoms with Crippen molar-refractivity contribution in [1.29, 1.82) is 0 Å². The van der Waals surface area contributed by atoms with E-state index in [2.05, 4.69) is 0 Å². The van der Waals surface area contributed by atoms with Gasteiger partial charge in [0.15, 0.2) is 12.2 Å². The standard InChI is InChI=1S/C30H38F6N2O3.ClH/c1-39-25-11-3-7-21(15-25)23-9-5-13-37(17-23)19-27(29(31,32)33)41-28(30(34,35)36)20-38-14-6-10-24(18-38)22-8-4-12-26(16-22)40-2;/h3-4,7-8,11-12,15-16,23-24,27-28H,5-6,9-10,13-14,17-20H2,1-2H3;1H/t23-,24-,27-,28-;/m0./s1. The summed E-state index contributed by atoms with van der Waals surface area (Å²) in [6.45, 7) is 0.0249. The van der Waals surface area contributed by atoms with Gasteiger partial charge in [0, 0.05) is 26.2 Å². The van der Waals surface area contributed by atoms with E-state index in [1.807, 2.05) is 36.4 Å². The lowest BCUT2D eigenvalue weighted by Crippen LogP contribution is -2.52. The monoisotopic (exact) mass is 624 g/mol. The summed E-state index contributed by atoms with van der Waals surface area (Å²) in [6, 6.07) is 14.7. The minimum atomic E-state index is -4.95. The minimum Gasteiger partial charge on any atom is -0.497 e. The average Bonchev–Trinajstić information content (AvgIpc) is 2.95. The molecule has 0 spiro atoms. The fourth-order valence-electron chi connectivity index (χ4n) is 5.89. The molecule has 0 aromatic heterocycles. The molecule has 2 aliphatic rings. The highest BCUT2D eigenvalue weighted by Crippen LogP contribution is 2.35. The van der Waals surface area contributed by atoms with Crippen LogP contribution in [0.1, 0.15) is 48.6 Å². The first-order valence-electron chi connectivity index (χ1n) is 14.0. The summed E-state index contributed by atoms with van der Waals surface area (Å²) in [6.07, 6.45) is -12.2. The van der Waals surface area contributed by atoms with E-state index < -0.39 is 37.7 Å². The molecule has 0 saturated carbocycles. The summed E-state index contributed by atoms with van der Waals surface area (Å²) in [4.78, 5) is 3.14. The summed E-state index contributed by atoms with van der Waals surface area (Å²) >= 11 is 0. The molecule has 2 aromatic rings. The lowest BCUT2D eigenvalue weighted by Gasteiger charge is -2.39. The Labute approximate surface area is 249 Å². The third kappa shape index (κ3) is 9.39. The molecular weight excluding hydrogens is 586 g/mol. The molecule has 12 heteroatoms. The number of methoxy groups -OCH3 is 2. The number of halogens is 7. The SMILES string of the molecule is COc1cccc([C@H]2CCCN(C[C@H](O[C@@H](CN3CCC[C@H](c4cccc(OC)c4)C3)C(F)(F)F)C(F)(F)F)C2)c1.Cl. The van der Waals surface area contributed by atoms with Crippen LogP contribution in [0.3, 0.4) is 0 Å². The van der Waals surface area contributed by atoms with Crippen LogP contribution in [0.4, 0.5) is 26.3 Å². The number of nitrogens with zero attached hydrogens (tertiary/aromatic N) is 2. The minimum absolute atomic E-state index is 0. The molecule has 0 unspecified atom stereocenters. The van der Waals surface area contributed by atoms with E-state index in [0.29, 0.717) is 50.5 Å². The highest BCUT2D eigenvalue weighted by Gasteiger charge is 2.50. The smallest absolute Gasteiger partial charge is 0.415 e. The van der Waals surface area contributed by atoms with E-state index in [1.54, 1.807) is 21.9 Å². The topological polar surface area (TPSA) is 34.2 Å². The Hall–Kier alpha value is -2.21. The summed E-state index contributed by atoms with van der Waals surface area (Å²) in [5, 5.41) is 0. The number of alkyl halides is 6. The lowest BCUT2D eigenvalue weighted by atomic mass is 9.90. The summed E-state index contributed by atoms with van der Waals surface area (Å²) in [5.41, 5.74) is 1.87. The highest BCUT2D eigenvalue weighted by molar-refractivity contribution is 5.85. The number of piperidine rings is 2. The number of benzene rings is 2. The number of rotatable bonds is 10. The van der Waals surface area contributed by atoms with Crippen molar-refractivity contribution in [2.45, 2.75) is 62.1 Å². The van der Waals surface area contributed by atoms with Crippen LogP contribution in [-0.2, 0) is 4.74 Å². The molecule has 0 aliphatic carbocycles. The van der Waals surface area contributed by atoms with Gasteiger partial charge in [0.2, 0.25) is 0 Å². The molecule has 0 amide bonds. The van der Waals surface area contributed by atoms with Crippen LogP contribution in [-0.4, -0.2) is 87.8 Å². The summed E-state index contributed by atoms with van der Waals surface area (Å²) < 4.78 is 100. The lowest BCUT2D eigenvalue weighted by molar-refractivity contribution is -0.290. The van der Waals surface area contributed by atoms with Crippen molar-refractivity contribution in [3.05, 3.63) is 59.7 Å². The van der Waals surface area contributed by atoms with Crippen molar-refractivity contribution >= 4 is 12.4 Å². The molecule has 2 aromatic carbocycles. The van der Waals surface area contributed by atoms with Crippen LogP contribution >= 0.6 is 12.4 Å².